The Hall–Kier alpha value is -3.19. The number of H-pyrrole nitrogens is 1. The summed E-state index contributed by atoms with van der Waals surface area (Å²) in [5.74, 6) is 0.710. The number of hydrogen-bond acceptors (Lipinski definition) is 5. The summed E-state index contributed by atoms with van der Waals surface area (Å²) >= 11 is 0. The molecule has 3 heterocycles. The monoisotopic (exact) mass is 405 g/mol. The normalized spacial score (nSPS) is 15.1. The standard InChI is InChI=1S/C23H27N5O2/c1-17-14-20(27-26-17)16-28-12-8-22(9-13-28)30-21-4-2-19(3-5-21)23(29)25-15-18-6-10-24-11-7-18/h2-7,10-11,14,22H,8-9,12-13,15-16H2,1H3,(H,25,29)(H,26,27). The van der Waals surface area contributed by atoms with Crippen LogP contribution in [0.2, 0.25) is 0 Å². The Kier molecular flexibility index (Phi) is 6.39. The summed E-state index contributed by atoms with van der Waals surface area (Å²) in [4.78, 5) is 18.7. The van der Waals surface area contributed by atoms with Crippen LogP contribution in [0.5, 0.6) is 5.75 Å². The number of amides is 1. The third kappa shape index (κ3) is 5.45. The van der Waals surface area contributed by atoms with Gasteiger partial charge in [-0.15, -0.1) is 0 Å². The molecular formula is C23H27N5O2. The van der Waals surface area contributed by atoms with Crippen LogP contribution in [-0.2, 0) is 13.1 Å². The zero-order valence-electron chi connectivity index (χ0n) is 17.2. The van der Waals surface area contributed by atoms with Gasteiger partial charge in [0.05, 0.1) is 5.69 Å². The lowest BCUT2D eigenvalue weighted by molar-refractivity contribution is 0.0947. The second-order valence-electron chi connectivity index (χ2n) is 7.70. The summed E-state index contributed by atoms with van der Waals surface area (Å²) in [5.41, 5.74) is 3.83. The van der Waals surface area contributed by atoms with Gasteiger partial charge in [-0.05, 0) is 67.8 Å². The molecule has 2 N–H and O–H groups in total. The highest BCUT2D eigenvalue weighted by Gasteiger charge is 2.21. The van der Waals surface area contributed by atoms with E-state index in [0.29, 0.717) is 12.1 Å². The first-order valence-corrected chi connectivity index (χ1v) is 10.3. The fraction of sp³-hybridized carbons (Fsp3) is 0.348. The molecular weight excluding hydrogens is 378 g/mol. The predicted octanol–water partition coefficient (Wildman–Crippen LogP) is 3.09. The minimum Gasteiger partial charge on any atom is -0.490 e. The van der Waals surface area contributed by atoms with Crippen molar-refractivity contribution in [2.45, 2.75) is 39.0 Å². The predicted molar refractivity (Wildman–Crippen MR) is 114 cm³/mol. The summed E-state index contributed by atoms with van der Waals surface area (Å²) < 4.78 is 6.13. The molecule has 156 valence electrons. The second-order valence-corrected chi connectivity index (χ2v) is 7.70. The minimum absolute atomic E-state index is 0.0970. The lowest BCUT2D eigenvalue weighted by atomic mass is 10.1. The van der Waals surface area contributed by atoms with Crippen molar-refractivity contribution in [2.75, 3.05) is 13.1 Å². The van der Waals surface area contributed by atoms with Gasteiger partial charge < -0.3 is 10.1 Å². The molecule has 7 nitrogen and oxygen atoms in total. The van der Waals surface area contributed by atoms with Crippen molar-refractivity contribution in [3.8, 4) is 5.75 Å². The number of nitrogens with one attached hydrogen (secondary N) is 2. The Labute approximate surface area is 176 Å². The molecule has 2 aromatic heterocycles. The molecule has 0 atom stereocenters. The van der Waals surface area contributed by atoms with E-state index in [1.165, 1.54) is 0 Å². The Morgan fingerprint density at radius 3 is 2.57 bits per heavy atom. The van der Waals surface area contributed by atoms with Crippen LogP contribution in [0.4, 0.5) is 0 Å². The molecule has 1 saturated heterocycles. The Balaban J connectivity index is 1.22. The number of pyridine rings is 1. The molecule has 1 aromatic carbocycles. The largest absolute Gasteiger partial charge is 0.490 e. The number of aromatic nitrogens is 3. The number of carbonyl (C=O) groups excluding carboxylic acids is 1. The number of piperidine rings is 1. The molecule has 0 aliphatic carbocycles. The fourth-order valence-electron chi connectivity index (χ4n) is 3.63. The molecule has 1 amide bonds. The molecule has 0 saturated carbocycles. The first kappa shape index (κ1) is 20.1. The third-order valence-electron chi connectivity index (χ3n) is 5.30. The Morgan fingerprint density at radius 1 is 1.17 bits per heavy atom. The Morgan fingerprint density at radius 2 is 1.90 bits per heavy atom. The maximum atomic E-state index is 12.3. The second kappa shape index (κ2) is 9.54. The van der Waals surface area contributed by atoms with E-state index in [9.17, 15) is 4.79 Å². The van der Waals surface area contributed by atoms with E-state index in [-0.39, 0.29) is 12.0 Å². The topological polar surface area (TPSA) is 83.1 Å². The number of nitrogens with zero attached hydrogens (tertiary/aromatic N) is 3. The molecule has 1 aliphatic heterocycles. The van der Waals surface area contributed by atoms with Gasteiger partial charge in [-0.2, -0.15) is 5.10 Å². The first-order valence-electron chi connectivity index (χ1n) is 10.3. The highest BCUT2D eigenvalue weighted by Crippen LogP contribution is 2.20. The minimum atomic E-state index is -0.0970. The molecule has 3 aromatic rings. The van der Waals surface area contributed by atoms with Gasteiger partial charge in [0.15, 0.2) is 0 Å². The molecule has 7 heteroatoms. The van der Waals surface area contributed by atoms with Gasteiger partial charge in [-0.3, -0.25) is 19.8 Å². The summed E-state index contributed by atoms with van der Waals surface area (Å²) in [6, 6.07) is 13.2. The van der Waals surface area contributed by atoms with Crippen molar-refractivity contribution < 1.29 is 9.53 Å². The van der Waals surface area contributed by atoms with Crippen LogP contribution in [-0.4, -0.2) is 45.2 Å². The van der Waals surface area contributed by atoms with Crippen molar-refractivity contribution >= 4 is 5.91 Å². The number of likely N-dealkylation sites (tertiary alicyclic amines) is 1. The number of hydrogen-bond donors (Lipinski definition) is 2. The van der Waals surface area contributed by atoms with Crippen LogP contribution in [0.25, 0.3) is 0 Å². The van der Waals surface area contributed by atoms with Crippen molar-refractivity contribution in [3.05, 3.63) is 77.4 Å². The van der Waals surface area contributed by atoms with Crippen molar-refractivity contribution in [1.29, 1.82) is 0 Å². The maximum Gasteiger partial charge on any atom is 0.251 e. The first-order chi connectivity index (χ1) is 14.7. The number of aryl methyl sites for hydroxylation is 1. The van der Waals surface area contributed by atoms with Gasteiger partial charge in [0, 0.05) is 49.8 Å². The smallest absolute Gasteiger partial charge is 0.251 e. The van der Waals surface area contributed by atoms with Crippen LogP contribution < -0.4 is 10.1 Å². The SMILES string of the molecule is Cc1cc(CN2CCC(Oc3ccc(C(=O)NCc4ccncc4)cc3)CC2)n[nH]1. The number of ether oxygens (including phenoxy) is 1. The van der Waals surface area contributed by atoms with Crippen molar-refractivity contribution in [3.63, 3.8) is 0 Å². The van der Waals surface area contributed by atoms with E-state index in [1.807, 2.05) is 43.3 Å². The van der Waals surface area contributed by atoms with Gasteiger partial charge in [0.1, 0.15) is 11.9 Å². The zero-order chi connectivity index (χ0) is 20.8. The van der Waals surface area contributed by atoms with E-state index in [0.717, 1.165) is 55.2 Å². The highest BCUT2D eigenvalue weighted by molar-refractivity contribution is 5.94. The lowest BCUT2D eigenvalue weighted by Gasteiger charge is -2.31. The van der Waals surface area contributed by atoms with E-state index >= 15 is 0 Å². The molecule has 4 rings (SSSR count). The summed E-state index contributed by atoms with van der Waals surface area (Å²) in [5, 5.41) is 10.2. The quantitative estimate of drug-likeness (QED) is 0.631. The molecule has 1 fully saturated rings. The molecule has 0 bridgehead atoms. The average molecular weight is 406 g/mol. The summed E-state index contributed by atoms with van der Waals surface area (Å²) in [7, 11) is 0. The molecule has 0 spiro atoms. The summed E-state index contributed by atoms with van der Waals surface area (Å²) in [6.45, 7) is 5.36. The van der Waals surface area contributed by atoms with Crippen molar-refractivity contribution in [2.24, 2.45) is 0 Å². The Bertz CT molecular complexity index is 947. The molecule has 0 radical (unpaired) electrons. The van der Waals surface area contributed by atoms with Crippen LogP contribution in [0.3, 0.4) is 0 Å². The van der Waals surface area contributed by atoms with Gasteiger partial charge in [-0.25, -0.2) is 0 Å². The highest BCUT2D eigenvalue weighted by atomic mass is 16.5. The molecule has 1 aliphatic rings. The fourth-order valence-corrected chi connectivity index (χ4v) is 3.63. The van der Waals surface area contributed by atoms with Crippen LogP contribution in [0.15, 0.2) is 54.9 Å². The van der Waals surface area contributed by atoms with E-state index in [2.05, 4.69) is 31.5 Å². The molecule has 0 unspecified atom stereocenters. The van der Waals surface area contributed by atoms with Crippen LogP contribution >= 0.6 is 0 Å². The van der Waals surface area contributed by atoms with E-state index in [4.69, 9.17) is 4.74 Å². The van der Waals surface area contributed by atoms with Crippen LogP contribution in [0.1, 0.15) is 40.2 Å². The average Bonchev–Trinajstić information content (AvgIpc) is 3.19. The number of benzene rings is 1. The maximum absolute atomic E-state index is 12.3. The number of carbonyl (C=O) groups is 1. The third-order valence-corrected chi connectivity index (χ3v) is 5.30. The van der Waals surface area contributed by atoms with Gasteiger partial charge in [-0.1, -0.05) is 0 Å². The van der Waals surface area contributed by atoms with E-state index < -0.39 is 0 Å². The van der Waals surface area contributed by atoms with Crippen molar-refractivity contribution in [1.82, 2.24) is 25.4 Å². The number of aromatic amines is 1. The zero-order valence-corrected chi connectivity index (χ0v) is 17.2. The van der Waals surface area contributed by atoms with Gasteiger partial charge in [0.25, 0.3) is 5.91 Å². The van der Waals surface area contributed by atoms with Gasteiger partial charge in [0.2, 0.25) is 0 Å². The number of rotatable bonds is 7. The van der Waals surface area contributed by atoms with Gasteiger partial charge >= 0.3 is 0 Å². The molecule has 30 heavy (non-hydrogen) atoms. The lowest BCUT2D eigenvalue weighted by Crippen LogP contribution is -2.37. The van der Waals surface area contributed by atoms with E-state index in [1.54, 1.807) is 12.4 Å². The summed E-state index contributed by atoms with van der Waals surface area (Å²) in [6.07, 6.45) is 5.61. The van der Waals surface area contributed by atoms with Crippen LogP contribution in [0, 0.1) is 6.92 Å².